The van der Waals surface area contributed by atoms with Gasteiger partial charge in [0.05, 0.1) is 12.5 Å². The van der Waals surface area contributed by atoms with E-state index in [4.69, 9.17) is 10.5 Å². The monoisotopic (exact) mass is 333 g/mol. The standard InChI is InChI=1S/C15H27N3O3.ClH/c16-7-6-14(19)17-11-12-4-1-2-8-18(12)15(20)10-13-5-3-9-21-13;/h12-13H,1-11,16H2,(H,17,19);1H. The summed E-state index contributed by atoms with van der Waals surface area (Å²) < 4.78 is 5.55. The molecule has 2 unspecified atom stereocenters. The average molecular weight is 334 g/mol. The van der Waals surface area contributed by atoms with E-state index in [1.165, 1.54) is 0 Å². The summed E-state index contributed by atoms with van der Waals surface area (Å²) in [6.45, 7) is 2.47. The number of piperidine rings is 1. The van der Waals surface area contributed by atoms with Gasteiger partial charge in [-0.3, -0.25) is 9.59 Å². The molecule has 22 heavy (non-hydrogen) atoms. The summed E-state index contributed by atoms with van der Waals surface area (Å²) in [5.74, 6) is 0.134. The van der Waals surface area contributed by atoms with Gasteiger partial charge in [-0.25, -0.2) is 0 Å². The fourth-order valence-corrected chi connectivity index (χ4v) is 3.11. The minimum absolute atomic E-state index is 0. The molecular formula is C15H28ClN3O3. The van der Waals surface area contributed by atoms with Gasteiger partial charge >= 0.3 is 0 Å². The summed E-state index contributed by atoms with van der Waals surface area (Å²) in [7, 11) is 0. The van der Waals surface area contributed by atoms with E-state index in [1.807, 2.05) is 4.90 Å². The number of ether oxygens (including phenoxy) is 1. The van der Waals surface area contributed by atoms with Crippen LogP contribution in [0.25, 0.3) is 0 Å². The molecule has 0 saturated carbocycles. The average Bonchev–Trinajstić information content (AvgIpc) is 2.98. The van der Waals surface area contributed by atoms with E-state index >= 15 is 0 Å². The van der Waals surface area contributed by atoms with Crippen molar-refractivity contribution in [3.8, 4) is 0 Å². The van der Waals surface area contributed by atoms with Crippen LogP contribution in [0.2, 0.25) is 0 Å². The largest absolute Gasteiger partial charge is 0.378 e. The molecule has 0 spiro atoms. The summed E-state index contributed by atoms with van der Waals surface area (Å²) >= 11 is 0. The second kappa shape index (κ2) is 10.0. The summed E-state index contributed by atoms with van der Waals surface area (Å²) in [6, 6.07) is 0.120. The number of halogens is 1. The van der Waals surface area contributed by atoms with E-state index in [0.29, 0.717) is 25.9 Å². The first-order valence-electron chi connectivity index (χ1n) is 8.08. The zero-order valence-corrected chi connectivity index (χ0v) is 13.9. The molecule has 2 amide bonds. The molecule has 0 bridgehead atoms. The van der Waals surface area contributed by atoms with Crippen molar-refractivity contribution in [2.75, 3.05) is 26.2 Å². The zero-order chi connectivity index (χ0) is 15.1. The second-order valence-electron chi connectivity index (χ2n) is 5.92. The van der Waals surface area contributed by atoms with Gasteiger partial charge in [0, 0.05) is 38.7 Å². The van der Waals surface area contributed by atoms with Crippen molar-refractivity contribution in [3.05, 3.63) is 0 Å². The Balaban J connectivity index is 0.00000242. The number of carbonyl (C=O) groups is 2. The van der Waals surface area contributed by atoms with E-state index in [0.717, 1.165) is 45.3 Å². The highest BCUT2D eigenvalue weighted by Crippen LogP contribution is 2.21. The van der Waals surface area contributed by atoms with Crippen molar-refractivity contribution in [2.24, 2.45) is 5.73 Å². The first-order chi connectivity index (χ1) is 10.2. The van der Waals surface area contributed by atoms with Crippen LogP contribution in [0.4, 0.5) is 0 Å². The molecule has 2 fully saturated rings. The fraction of sp³-hybridized carbons (Fsp3) is 0.867. The van der Waals surface area contributed by atoms with Gasteiger partial charge in [-0.1, -0.05) is 0 Å². The number of hydrogen-bond donors (Lipinski definition) is 2. The maximum absolute atomic E-state index is 12.4. The van der Waals surface area contributed by atoms with Crippen molar-refractivity contribution in [1.29, 1.82) is 0 Å². The number of rotatable bonds is 6. The lowest BCUT2D eigenvalue weighted by Gasteiger charge is -2.36. The van der Waals surface area contributed by atoms with Gasteiger partial charge in [0.25, 0.3) is 0 Å². The van der Waals surface area contributed by atoms with Crippen LogP contribution < -0.4 is 11.1 Å². The van der Waals surface area contributed by atoms with E-state index in [-0.39, 0.29) is 36.4 Å². The normalized spacial score (nSPS) is 24.7. The Morgan fingerprint density at radius 3 is 2.73 bits per heavy atom. The fourth-order valence-electron chi connectivity index (χ4n) is 3.11. The molecule has 3 N–H and O–H groups in total. The third-order valence-electron chi connectivity index (χ3n) is 4.28. The highest BCUT2D eigenvalue weighted by molar-refractivity contribution is 5.85. The predicted molar refractivity (Wildman–Crippen MR) is 86.9 cm³/mol. The lowest BCUT2D eigenvalue weighted by atomic mass is 10.0. The van der Waals surface area contributed by atoms with E-state index in [1.54, 1.807) is 0 Å². The van der Waals surface area contributed by atoms with E-state index in [9.17, 15) is 9.59 Å². The van der Waals surface area contributed by atoms with E-state index in [2.05, 4.69) is 5.32 Å². The molecule has 0 radical (unpaired) electrons. The quantitative estimate of drug-likeness (QED) is 0.753. The van der Waals surface area contributed by atoms with Crippen LogP contribution in [0, 0.1) is 0 Å². The van der Waals surface area contributed by atoms with Gasteiger partial charge in [-0.05, 0) is 32.1 Å². The molecule has 128 valence electrons. The Morgan fingerprint density at radius 1 is 1.23 bits per heavy atom. The number of nitrogens with zero attached hydrogens (tertiary/aromatic N) is 1. The predicted octanol–water partition coefficient (Wildman–Crippen LogP) is 0.823. The van der Waals surface area contributed by atoms with Crippen LogP contribution in [0.15, 0.2) is 0 Å². The first-order valence-corrected chi connectivity index (χ1v) is 8.08. The maximum atomic E-state index is 12.4. The number of likely N-dealkylation sites (tertiary alicyclic amines) is 1. The Morgan fingerprint density at radius 2 is 2.05 bits per heavy atom. The Kier molecular flexibility index (Phi) is 8.75. The van der Waals surface area contributed by atoms with Gasteiger partial charge in [0.15, 0.2) is 0 Å². The molecule has 0 aliphatic carbocycles. The van der Waals surface area contributed by atoms with Crippen molar-refractivity contribution >= 4 is 24.2 Å². The number of nitrogens with two attached hydrogens (primary N) is 1. The van der Waals surface area contributed by atoms with Crippen LogP contribution in [0.1, 0.15) is 44.9 Å². The third kappa shape index (κ3) is 5.74. The lowest BCUT2D eigenvalue weighted by Crippen LogP contribution is -2.50. The Labute approximate surface area is 138 Å². The van der Waals surface area contributed by atoms with E-state index < -0.39 is 0 Å². The molecule has 2 aliphatic rings. The molecule has 2 rings (SSSR count). The van der Waals surface area contributed by atoms with Gasteiger partial charge in [0.1, 0.15) is 0 Å². The highest BCUT2D eigenvalue weighted by atomic mass is 35.5. The molecule has 6 nitrogen and oxygen atoms in total. The third-order valence-corrected chi connectivity index (χ3v) is 4.28. The summed E-state index contributed by atoms with van der Waals surface area (Å²) in [5.41, 5.74) is 5.37. The number of amides is 2. The van der Waals surface area contributed by atoms with Gasteiger partial charge in [-0.2, -0.15) is 0 Å². The molecule has 2 saturated heterocycles. The van der Waals surface area contributed by atoms with Crippen LogP contribution in [-0.2, 0) is 14.3 Å². The minimum Gasteiger partial charge on any atom is -0.378 e. The van der Waals surface area contributed by atoms with Crippen LogP contribution in [0.3, 0.4) is 0 Å². The van der Waals surface area contributed by atoms with Crippen molar-refractivity contribution in [3.63, 3.8) is 0 Å². The Bertz CT molecular complexity index is 362. The molecule has 0 aromatic rings. The number of nitrogens with one attached hydrogen (secondary N) is 1. The molecule has 2 aliphatic heterocycles. The Hall–Kier alpha value is -0.850. The first kappa shape index (κ1) is 19.2. The lowest BCUT2D eigenvalue weighted by molar-refractivity contribution is -0.137. The second-order valence-corrected chi connectivity index (χ2v) is 5.92. The molecule has 2 atom stereocenters. The summed E-state index contributed by atoms with van der Waals surface area (Å²) in [6.07, 6.45) is 6.07. The molecule has 7 heteroatoms. The van der Waals surface area contributed by atoms with Crippen molar-refractivity contribution < 1.29 is 14.3 Å². The number of hydrogen-bond acceptors (Lipinski definition) is 4. The molecular weight excluding hydrogens is 306 g/mol. The van der Waals surface area contributed by atoms with Crippen LogP contribution in [-0.4, -0.2) is 55.1 Å². The molecule has 0 aromatic carbocycles. The molecule has 0 aromatic heterocycles. The van der Waals surface area contributed by atoms with Crippen LogP contribution in [0.5, 0.6) is 0 Å². The smallest absolute Gasteiger partial charge is 0.225 e. The number of carbonyl (C=O) groups excluding carboxylic acids is 2. The minimum atomic E-state index is -0.0328. The topological polar surface area (TPSA) is 84.7 Å². The van der Waals surface area contributed by atoms with Crippen LogP contribution >= 0.6 is 12.4 Å². The molecule has 2 heterocycles. The van der Waals surface area contributed by atoms with Gasteiger partial charge in [0.2, 0.25) is 11.8 Å². The van der Waals surface area contributed by atoms with Gasteiger partial charge in [-0.15, -0.1) is 12.4 Å². The summed E-state index contributed by atoms with van der Waals surface area (Å²) in [5, 5.41) is 2.89. The highest BCUT2D eigenvalue weighted by Gasteiger charge is 2.29. The maximum Gasteiger partial charge on any atom is 0.225 e. The SMILES string of the molecule is Cl.NCCC(=O)NCC1CCCCN1C(=O)CC1CCCO1. The summed E-state index contributed by atoms with van der Waals surface area (Å²) in [4.78, 5) is 25.9. The van der Waals surface area contributed by atoms with Crippen molar-refractivity contribution in [1.82, 2.24) is 10.2 Å². The van der Waals surface area contributed by atoms with Crippen molar-refractivity contribution in [2.45, 2.75) is 57.1 Å². The zero-order valence-electron chi connectivity index (χ0n) is 13.1. The van der Waals surface area contributed by atoms with Gasteiger partial charge < -0.3 is 20.7 Å².